The Labute approximate surface area is 129 Å². The normalized spacial score (nSPS) is 10.2. The number of H-pyrrole nitrogens is 1. The van der Waals surface area contributed by atoms with E-state index < -0.39 is 5.91 Å². The average molecular weight is 353 g/mol. The van der Waals surface area contributed by atoms with Crippen LogP contribution in [0.3, 0.4) is 0 Å². The van der Waals surface area contributed by atoms with Crippen LogP contribution in [0.1, 0.15) is 16.2 Å². The third-order valence-electron chi connectivity index (χ3n) is 2.58. The number of aromatic nitrogens is 2. The first-order chi connectivity index (χ1) is 9.97. The minimum absolute atomic E-state index is 0.189. The van der Waals surface area contributed by atoms with Crippen LogP contribution in [0.2, 0.25) is 0 Å². The number of nitrogens with one attached hydrogen (secondary N) is 2. The molecule has 0 saturated heterocycles. The van der Waals surface area contributed by atoms with Crippen molar-refractivity contribution in [1.82, 2.24) is 10.2 Å². The minimum Gasteiger partial charge on any atom is -0.484 e. The number of halogens is 1. The second kappa shape index (κ2) is 6.40. The van der Waals surface area contributed by atoms with Crippen LogP contribution in [0.25, 0.3) is 0 Å². The molecule has 0 spiro atoms. The van der Waals surface area contributed by atoms with Gasteiger partial charge in [0.1, 0.15) is 5.75 Å². The second-order valence-corrected chi connectivity index (χ2v) is 5.04. The SMILES string of the molecule is Cc1[nH]nc(C(=O)Nc2ccc(OCC(N)=O)cc2)c1Br. The molecule has 0 bridgehead atoms. The van der Waals surface area contributed by atoms with Gasteiger partial charge in [-0.1, -0.05) is 0 Å². The molecule has 1 aromatic heterocycles. The van der Waals surface area contributed by atoms with Gasteiger partial charge in [-0.15, -0.1) is 0 Å². The first kappa shape index (κ1) is 15.0. The van der Waals surface area contributed by atoms with Gasteiger partial charge in [0.25, 0.3) is 11.8 Å². The number of anilines is 1. The fourth-order valence-corrected chi connectivity index (χ4v) is 1.90. The van der Waals surface area contributed by atoms with E-state index in [1.54, 1.807) is 31.2 Å². The monoisotopic (exact) mass is 352 g/mol. The van der Waals surface area contributed by atoms with E-state index in [9.17, 15) is 9.59 Å². The predicted molar refractivity (Wildman–Crippen MR) is 80.1 cm³/mol. The van der Waals surface area contributed by atoms with Crippen LogP contribution in [0.15, 0.2) is 28.7 Å². The topological polar surface area (TPSA) is 110 Å². The van der Waals surface area contributed by atoms with E-state index in [0.717, 1.165) is 5.69 Å². The molecule has 2 amide bonds. The smallest absolute Gasteiger partial charge is 0.277 e. The second-order valence-electron chi connectivity index (χ2n) is 4.24. The molecule has 0 aliphatic rings. The van der Waals surface area contributed by atoms with E-state index in [1.807, 2.05) is 0 Å². The molecule has 21 heavy (non-hydrogen) atoms. The van der Waals surface area contributed by atoms with Crippen LogP contribution in [0.5, 0.6) is 5.75 Å². The molecule has 1 heterocycles. The molecule has 0 fully saturated rings. The fraction of sp³-hybridized carbons (Fsp3) is 0.154. The number of amides is 2. The third-order valence-corrected chi connectivity index (χ3v) is 3.55. The van der Waals surface area contributed by atoms with Crippen molar-refractivity contribution in [3.63, 3.8) is 0 Å². The number of aryl methyl sites for hydroxylation is 1. The van der Waals surface area contributed by atoms with Gasteiger partial charge < -0.3 is 15.8 Å². The lowest BCUT2D eigenvalue weighted by Gasteiger charge is -2.06. The third kappa shape index (κ3) is 3.82. The lowest BCUT2D eigenvalue weighted by Crippen LogP contribution is -2.20. The Morgan fingerprint density at radius 1 is 1.38 bits per heavy atom. The molecule has 0 aliphatic heterocycles. The molecule has 110 valence electrons. The van der Waals surface area contributed by atoms with Crippen LogP contribution in [-0.2, 0) is 4.79 Å². The Bertz CT molecular complexity index is 667. The van der Waals surface area contributed by atoms with E-state index in [0.29, 0.717) is 15.9 Å². The van der Waals surface area contributed by atoms with E-state index in [2.05, 4.69) is 31.4 Å². The Morgan fingerprint density at radius 3 is 2.57 bits per heavy atom. The molecule has 1 aromatic carbocycles. The number of carbonyl (C=O) groups excluding carboxylic acids is 2. The van der Waals surface area contributed by atoms with Crippen molar-refractivity contribution in [2.24, 2.45) is 5.73 Å². The molecule has 0 saturated carbocycles. The van der Waals surface area contributed by atoms with Gasteiger partial charge in [0.15, 0.2) is 12.3 Å². The molecule has 2 aromatic rings. The van der Waals surface area contributed by atoms with E-state index in [4.69, 9.17) is 10.5 Å². The number of nitrogens with two attached hydrogens (primary N) is 1. The van der Waals surface area contributed by atoms with Gasteiger partial charge in [0.2, 0.25) is 0 Å². The number of carbonyl (C=O) groups is 2. The van der Waals surface area contributed by atoms with Gasteiger partial charge in [0.05, 0.1) is 4.47 Å². The Balaban J connectivity index is 2.01. The number of primary amides is 1. The minimum atomic E-state index is -0.550. The van der Waals surface area contributed by atoms with Crippen molar-refractivity contribution in [2.45, 2.75) is 6.92 Å². The Kier molecular flexibility index (Phi) is 4.59. The average Bonchev–Trinajstić information content (AvgIpc) is 2.78. The Hall–Kier alpha value is -2.35. The summed E-state index contributed by atoms with van der Waals surface area (Å²) in [6.45, 7) is 1.62. The van der Waals surface area contributed by atoms with Crippen LogP contribution in [-0.4, -0.2) is 28.6 Å². The quantitative estimate of drug-likeness (QED) is 0.758. The van der Waals surface area contributed by atoms with Gasteiger partial charge in [-0.25, -0.2) is 0 Å². The number of benzene rings is 1. The number of nitrogens with zero attached hydrogens (tertiary/aromatic N) is 1. The highest BCUT2D eigenvalue weighted by atomic mass is 79.9. The molecular weight excluding hydrogens is 340 g/mol. The van der Waals surface area contributed by atoms with Crippen LogP contribution >= 0.6 is 15.9 Å². The summed E-state index contributed by atoms with van der Waals surface area (Å²) in [5.74, 6) is -0.397. The van der Waals surface area contributed by atoms with Gasteiger partial charge in [-0.3, -0.25) is 14.7 Å². The summed E-state index contributed by atoms with van der Waals surface area (Å²) in [7, 11) is 0. The zero-order chi connectivity index (χ0) is 15.4. The Morgan fingerprint density at radius 2 is 2.05 bits per heavy atom. The van der Waals surface area contributed by atoms with Gasteiger partial charge in [-0.2, -0.15) is 5.10 Å². The van der Waals surface area contributed by atoms with Gasteiger partial charge in [-0.05, 0) is 47.1 Å². The largest absolute Gasteiger partial charge is 0.484 e. The highest BCUT2D eigenvalue weighted by molar-refractivity contribution is 9.10. The highest BCUT2D eigenvalue weighted by Crippen LogP contribution is 2.20. The number of rotatable bonds is 5. The summed E-state index contributed by atoms with van der Waals surface area (Å²) in [5, 5.41) is 9.34. The van der Waals surface area contributed by atoms with Crippen LogP contribution in [0.4, 0.5) is 5.69 Å². The highest BCUT2D eigenvalue weighted by Gasteiger charge is 2.15. The van der Waals surface area contributed by atoms with Crippen molar-refractivity contribution in [1.29, 1.82) is 0 Å². The maximum Gasteiger partial charge on any atom is 0.277 e. The van der Waals surface area contributed by atoms with E-state index in [1.165, 1.54) is 0 Å². The summed E-state index contributed by atoms with van der Waals surface area (Å²) < 4.78 is 5.75. The number of aromatic amines is 1. The van der Waals surface area contributed by atoms with Crippen LogP contribution in [0, 0.1) is 6.92 Å². The number of ether oxygens (including phenoxy) is 1. The molecule has 2 rings (SSSR count). The van der Waals surface area contributed by atoms with Gasteiger partial charge in [0, 0.05) is 11.4 Å². The zero-order valence-corrected chi connectivity index (χ0v) is 12.7. The first-order valence-electron chi connectivity index (χ1n) is 6.00. The first-order valence-corrected chi connectivity index (χ1v) is 6.79. The maximum absolute atomic E-state index is 12.0. The van der Waals surface area contributed by atoms with Gasteiger partial charge >= 0.3 is 0 Å². The summed E-state index contributed by atoms with van der Waals surface area (Å²) in [6, 6.07) is 6.57. The molecule has 0 aliphatic carbocycles. The van der Waals surface area contributed by atoms with E-state index in [-0.39, 0.29) is 18.2 Å². The standard InChI is InChI=1S/C13H13BrN4O3/c1-7-11(14)12(18-17-7)13(20)16-8-2-4-9(5-3-8)21-6-10(15)19/h2-5H,6H2,1H3,(H2,15,19)(H,16,20)(H,17,18). The molecule has 8 heteroatoms. The number of hydrogen-bond acceptors (Lipinski definition) is 4. The molecular formula is C13H13BrN4O3. The summed E-state index contributed by atoms with van der Waals surface area (Å²) >= 11 is 3.29. The summed E-state index contributed by atoms with van der Waals surface area (Å²) in [5.41, 5.74) is 6.62. The summed E-state index contributed by atoms with van der Waals surface area (Å²) in [6.07, 6.45) is 0. The van der Waals surface area contributed by atoms with Crippen LogP contribution < -0.4 is 15.8 Å². The fourth-order valence-electron chi connectivity index (χ4n) is 1.55. The molecule has 7 nitrogen and oxygen atoms in total. The molecule has 0 unspecified atom stereocenters. The van der Waals surface area contributed by atoms with Crippen molar-refractivity contribution >= 4 is 33.4 Å². The molecule has 4 N–H and O–H groups in total. The number of hydrogen-bond donors (Lipinski definition) is 3. The lowest BCUT2D eigenvalue weighted by atomic mass is 10.3. The van der Waals surface area contributed by atoms with E-state index >= 15 is 0 Å². The predicted octanol–water partition coefficient (Wildman–Crippen LogP) is 1.60. The van der Waals surface area contributed by atoms with Crippen molar-refractivity contribution < 1.29 is 14.3 Å². The maximum atomic E-state index is 12.0. The van der Waals surface area contributed by atoms with Crippen molar-refractivity contribution in [3.8, 4) is 5.75 Å². The molecule has 0 radical (unpaired) electrons. The lowest BCUT2D eigenvalue weighted by molar-refractivity contribution is -0.119. The molecule has 0 atom stereocenters. The van der Waals surface area contributed by atoms with Crippen molar-refractivity contribution in [2.75, 3.05) is 11.9 Å². The van der Waals surface area contributed by atoms with Crippen molar-refractivity contribution in [3.05, 3.63) is 40.1 Å². The zero-order valence-electron chi connectivity index (χ0n) is 11.1. The summed E-state index contributed by atoms with van der Waals surface area (Å²) in [4.78, 5) is 22.6.